The second-order valence-electron chi connectivity index (χ2n) is 4.11. The van der Waals surface area contributed by atoms with Crippen LogP contribution in [0.15, 0.2) is 30.3 Å². The van der Waals surface area contributed by atoms with Crippen molar-refractivity contribution in [2.75, 3.05) is 12.9 Å². The van der Waals surface area contributed by atoms with Crippen LogP contribution in [0.2, 0.25) is 0 Å². The quantitative estimate of drug-likeness (QED) is 0.792. The number of hydrogen-bond donors (Lipinski definition) is 2. The van der Waals surface area contributed by atoms with Crippen molar-refractivity contribution in [3.63, 3.8) is 0 Å². The van der Waals surface area contributed by atoms with E-state index in [2.05, 4.69) is 4.72 Å². The third kappa shape index (κ3) is 4.97. The van der Waals surface area contributed by atoms with E-state index in [0.29, 0.717) is 0 Å². The normalized spacial score (nSPS) is 15.3. The van der Waals surface area contributed by atoms with E-state index in [1.165, 1.54) is 11.8 Å². The van der Waals surface area contributed by atoms with E-state index in [1.54, 1.807) is 19.1 Å². The van der Waals surface area contributed by atoms with E-state index in [1.807, 2.05) is 24.5 Å². The number of aliphatic hydroxyl groups is 1. The molecule has 0 heterocycles. The molecule has 1 aromatic carbocycles. The molecule has 0 radical (unpaired) electrons. The Morgan fingerprint density at radius 3 is 2.44 bits per heavy atom. The molecule has 0 aliphatic rings. The largest absolute Gasteiger partial charge is 0.395 e. The molecular formula is C12H19NO3S2. The standard InChI is InChI=1S/C12H19NO3S2/c1-10(12(8-14)17-2)13-18(15,16)9-11-6-4-3-5-7-11/h3-7,10,12-14H,8-9H2,1-2H3/t10-,12-/m0/s1. The Labute approximate surface area is 113 Å². The fraction of sp³-hybridized carbons (Fsp3) is 0.500. The van der Waals surface area contributed by atoms with Crippen molar-refractivity contribution in [3.05, 3.63) is 35.9 Å². The molecule has 0 saturated heterocycles. The number of benzene rings is 1. The molecule has 0 fully saturated rings. The van der Waals surface area contributed by atoms with Gasteiger partial charge in [-0.05, 0) is 18.7 Å². The van der Waals surface area contributed by atoms with Crippen LogP contribution in [0.3, 0.4) is 0 Å². The van der Waals surface area contributed by atoms with Crippen molar-refractivity contribution in [3.8, 4) is 0 Å². The van der Waals surface area contributed by atoms with E-state index in [9.17, 15) is 8.42 Å². The number of aliphatic hydroxyl groups excluding tert-OH is 1. The van der Waals surface area contributed by atoms with Gasteiger partial charge in [-0.1, -0.05) is 30.3 Å². The van der Waals surface area contributed by atoms with Gasteiger partial charge in [-0.2, -0.15) is 11.8 Å². The molecule has 2 N–H and O–H groups in total. The third-order valence-corrected chi connectivity index (χ3v) is 5.21. The van der Waals surface area contributed by atoms with Crippen LogP contribution >= 0.6 is 11.8 Å². The first-order chi connectivity index (χ1) is 8.48. The van der Waals surface area contributed by atoms with Gasteiger partial charge in [0, 0.05) is 11.3 Å². The summed E-state index contributed by atoms with van der Waals surface area (Å²) in [5.74, 6) is -0.0370. The molecule has 0 spiro atoms. The van der Waals surface area contributed by atoms with E-state index < -0.39 is 10.0 Å². The maximum atomic E-state index is 11.9. The van der Waals surface area contributed by atoms with E-state index >= 15 is 0 Å². The molecule has 0 unspecified atom stereocenters. The van der Waals surface area contributed by atoms with Gasteiger partial charge in [0.15, 0.2) is 0 Å². The SMILES string of the molecule is CS[C@@H](CO)[C@H](C)NS(=O)(=O)Cc1ccccc1. The van der Waals surface area contributed by atoms with Crippen LogP contribution < -0.4 is 4.72 Å². The van der Waals surface area contributed by atoms with E-state index in [4.69, 9.17) is 5.11 Å². The lowest BCUT2D eigenvalue weighted by atomic mass is 10.2. The van der Waals surface area contributed by atoms with Gasteiger partial charge in [-0.15, -0.1) is 0 Å². The Hall–Kier alpha value is -0.560. The number of thioether (sulfide) groups is 1. The molecule has 0 saturated carbocycles. The predicted molar refractivity (Wildman–Crippen MR) is 76.1 cm³/mol. The van der Waals surface area contributed by atoms with Gasteiger partial charge in [-0.3, -0.25) is 0 Å². The van der Waals surface area contributed by atoms with Gasteiger partial charge < -0.3 is 5.11 Å². The van der Waals surface area contributed by atoms with Gasteiger partial charge in [0.2, 0.25) is 10.0 Å². The van der Waals surface area contributed by atoms with Crippen molar-refractivity contribution in [2.24, 2.45) is 0 Å². The van der Waals surface area contributed by atoms with E-state index in [-0.39, 0.29) is 23.7 Å². The van der Waals surface area contributed by atoms with Crippen LogP contribution in [-0.2, 0) is 15.8 Å². The minimum absolute atomic E-state index is 0.0370. The van der Waals surface area contributed by atoms with Gasteiger partial charge in [0.05, 0.1) is 12.4 Å². The summed E-state index contributed by atoms with van der Waals surface area (Å²) in [5.41, 5.74) is 0.752. The lowest BCUT2D eigenvalue weighted by molar-refractivity contribution is 0.282. The molecule has 0 amide bonds. The summed E-state index contributed by atoms with van der Waals surface area (Å²) in [6, 6.07) is 8.74. The summed E-state index contributed by atoms with van der Waals surface area (Å²) in [4.78, 5) is 0. The van der Waals surface area contributed by atoms with E-state index in [0.717, 1.165) is 5.56 Å². The Morgan fingerprint density at radius 2 is 1.94 bits per heavy atom. The average Bonchev–Trinajstić information content (AvgIpc) is 2.30. The maximum absolute atomic E-state index is 11.9. The Balaban J connectivity index is 2.65. The number of rotatable bonds is 7. The van der Waals surface area contributed by atoms with Crippen molar-refractivity contribution < 1.29 is 13.5 Å². The first kappa shape index (κ1) is 15.5. The summed E-state index contributed by atoms with van der Waals surface area (Å²) in [6.07, 6.45) is 1.85. The van der Waals surface area contributed by atoms with Crippen molar-refractivity contribution in [1.82, 2.24) is 4.72 Å². The zero-order valence-electron chi connectivity index (χ0n) is 10.5. The van der Waals surface area contributed by atoms with Crippen LogP contribution in [0.4, 0.5) is 0 Å². The van der Waals surface area contributed by atoms with Gasteiger partial charge in [0.25, 0.3) is 0 Å². The second-order valence-corrected chi connectivity index (χ2v) is 6.94. The molecule has 0 bridgehead atoms. The molecule has 2 atom stereocenters. The molecule has 1 rings (SSSR count). The topological polar surface area (TPSA) is 66.4 Å². The zero-order chi connectivity index (χ0) is 13.6. The lowest BCUT2D eigenvalue weighted by Crippen LogP contribution is -2.41. The molecule has 4 nitrogen and oxygen atoms in total. The monoisotopic (exact) mass is 289 g/mol. The molecule has 0 aliphatic carbocycles. The Morgan fingerprint density at radius 1 is 1.33 bits per heavy atom. The Kier molecular flexibility index (Phi) is 6.14. The van der Waals surface area contributed by atoms with Crippen LogP contribution in [-0.4, -0.2) is 37.7 Å². The summed E-state index contributed by atoms with van der Waals surface area (Å²) in [6.45, 7) is 1.72. The molecule has 0 aliphatic heterocycles. The number of nitrogens with one attached hydrogen (secondary N) is 1. The summed E-state index contributed by atoms with van der Waals surface area (Å²) in [5, 5.41) is 9.00. The van der Waals surface area contributed by atoms with Crippen LogP contribution in [0.25, 0.3) is 0 Å². The number of hydrogen-bond acceptors (Lipinski definition) is 4. The molecule has 102 valence electrons. The van der Waals surface area contributed by atoms with Gasteiger partial charge in [-0.25, -0.2) is 13.1 Å². The van der Waals surface area contributed by atoms with Crippen molar-refractivity contribution in [2.45, 2.75) is 24.0 Å². The van der Waals surface area contributed by atoms with Gasteiger partial charge >= 0.3 is 0 Å². The van der Waals surface area contributed by atoms with Crippen LogP contribution in [0.5, 0.6) is 0 Å². The maximum Gasteiger partial charge on any atom is 0.216 e. The fourth-order valence-electron chi connectivity index (χ4n) is 1.63. The van der Waals surface area contributed by atoms with Crippen LogP contribution in [0, 0.1) is 0 Å². The molecule has 6 heteroatoms. The zero-order valence-corrected chi connectivity index (χ0v) is 12.2. The minimum atomic E-state index is -3.37. The average molecular weight is 289 g/mol. The minimum Gasteiger partial charge on any atom is -0.395 e. The highest BCUT2D eigenvalue weighted by Crippen LogP contribution is 2.12. The molecule has 18 heavy (non-hydrogen) atoms. The van der Waals surface area contributed by atoms with Crippen molar-refractivity contribution in [1.29, 1.82) is 0 Å². The highest BCUT2D eigenvalue weighted by molar-refractivity contribution is 7.99. The predicted octanol–water partition coefficient (Wildman–Crippen LogP) is 1.22. The highest BCUT2D eigenvalue weighted by Gasteiger charge is 2.21. The summed E-state index contributed by atoms with van der Waals surface area (Å²) >= 11 is 1.45. The lowest BCUT2D eigenvalue weighted by Gasteiger charge is -2.21. The third-order valence-electron chi connectivity index (χ3n) is 2.61. The van der Waals surface area contributed by atoms with Crippen molar-refractivity contribution >= 4 is 21.8 Å². The second kappa shape index (κ2) is 7.13. The first-order valence-corrected chi connectivity index (χ1v) is 8.60. The first-order valence-electron chi connectivity index (χ1n) is 5.66. The smallest absolute Gasteiger partial charge is 0.216 e. The van der Waals surface area contributed by atoms with Gasteiger partial charge in [0.1, 0.15) is 0 Å². The number of sulfonamides is 1. The molecule has 0 aromatic heterocycles. The van der Waals surface area contributed by atoms with Crippen LogP contribution in [0.1, 0.15) is 12.5 Å². The summed E-state index contributed by atoms with van der Waals surface area (Å²) < 4.78 is 26.5. The molecule has 1 aromatic rings. The summed E-state index contributed by atoms with van der Waals surface area (Å²) in [7, 11) is -3.37. The highest BCUT2D eigenvalue weighted by atomic mass is 32.2. The molecular weight excluding hydrogens is 270 g/mol. The fourth-order valence-corrected chi connectivity index (χ4v) is 3.79. The Bertz CT molecular complexity index is 444.